The van der Waals surface area contributed by atoms with Crippen LogP contribution in [0.5, 0.6) is 5.75 Å². The van der Waals surface area contributed by atoms with Gasteiger partial charge in [0.25, 0.3) is 17.7 Å². The molecular weight excluding hydrogens is 486 g/mol. The Morgan fingerprint density at radius 3 is 2.15 bits per heavy atom. The Balaban J connectivity index is 1.61. The van der Waals surface area contributed by atoms with Crippen LogP contribution >= 0.6 is 15.9 Å². The van der Waals surface area contributed by atoms with Gasteiger partial charge in [0.1, 0.15) is 5.75 Å². The zero-order valence-corrected chi connectivity index (χ0v) is 20.0. The second-order valence-corrected chi connectivity index (χ2v) is 8.48. The number of hydrogen-bond donors (Lipinski definition) is 3. The molecule has 170 valence electrons. The first-order valence-corrected chi connectivity index (χ1v) is 11.1. The molecule has 0 heterocycles. The van der Waals surface area contributed by atoms with E-state index in [2.05, 4.69) is 32.1 Å². The van der Waals surface area contributed by atoms with Gasteiger partial charge in [-0.15, -0.1) is 0 Å². The SMILES string of the molecule is Cc1ccccc1C(=O)Nc1ccc(C(=O)NNC(=O)c2cc(Br)ccc2OC(C)C)cc1. The van der Waals surface area contributed by atoms with Crippen molar-refractivity contribution < 1.29 is 19.1 Å². The van der Waals surface area contributed by atoms with E-state index in [1.807, 2.05) is 32.9 Å². The van der Waals surface area contributed by atoms with Gasteiger partial charge in [0.05, 0.1) is 11.7 Å². The largest absolute Gasteiger partial charge is 0.490 e. The van der Waals surface area contributed by atoms with Gasteiger partial charge < -0.3 is 10.1 Å². The lowest BCUT2D eigenvalue weighted by Crippen LogP contribution is -2.41. The number of carbonyl (C=O) groups is 3. The van der Waals surface area contributed by atoms with E-state index in [1.165, 1.54) is 0 Å². The molecule has 0 aromatic heterocycles. The third-order valence-corrected chi connectivity index (χ3v) is 5.13. The van der Waals surface area contributed by atoms with Gasteiger partial charge in [-0.1, -0.05) is 34.1 Å². The molecule has 0 unspecified atom stereocenters. The van der Waals surface area contributed by atoms with Crippen molar-refractivity contribution in [2.75, 3.05) is 5.32 Å². The summed E-state index contributed by atoms with van der Waals surface area (Å²) in [5.41, 5.74) is 7.40. The lowest BCUT2D eigenvalue weighted by Gasteiger charge is -2.15. The minimum Gasteiger partial charge on any atom is -0.490 e. The minimum atomic E-state index is -0.512. The number of rotatable bonds is 6. The lowest BCUT2D eigenvalue weighted by atomic mass is 10.1. The Kier molecular flexibility index (Phi) is 7.84. The monoisotopic (exact) mass is 509 g/mol. The first kappa shape index (κ1) is 24.0. The first-order valence-electron chi connectivity index (χ1n) is 10.3. The van der Waals surface area contributed by atoms with E-state index in [1.54, 1.807) is 54.6 Å². The van der Waals surface area contributed by atoms with E-state index in [0.29, 0.717) is 27.0 Å². The van der Waals surface area contributed by atoms with Gasteiger partial charge in [-0.2, -0.15) is 0 Å². The van der Waals surface area contributed by atoms with Crippen molar-refractivity contribution in [3.05, 3.63) is 93.5 Å². The Morgan fingerprint density at radius 2 is 1.48 bits per heavy atom. The van der Waals surface area contributed by atoms with Gasteiger partial charge in [0.2, 0.25) is 0 Å². The highest BCUT2D eigenvalue weighted by Crippen LogP contribution is 2.24. The highest BCUT2D eigenvalue weighted by atomic mass is 79.9. The molecule has 0 fully saturated rings. The Morgan fingerprint density at radius 1 is 0.818 bits per heavy atom. The third-order valence-electron chi connectivity index (χ3n) is 4.63. The molecule has 0 radical (unpaired) electrons. The number of halogens is 1. The molecule has 0 aliphatic rings. The number of benzene rings is 3. The van der Waals surface area contributed by atoms with E-state index in [9.17, 15) is 14.4 Å². The molecule has 0 aliphatic heterocycles. The van der Waals surface area contributed by atoms with E-state index < -0.39 is 11.8 Å². The molecule has 0 saturated heterocycles. The molecule has 0 aliphatic carbocycles. The Labute approximate surface area is 200 Å². The van der Waals surface area contributed by atoms with Crippen LogP contribution in [0, 0.1) is 6.92 Å². The summed E-state index contributed by atoms with van der Waals surface area (Å²) in [5, 5.41) is 2.81. The number of hydrogen-bond acceptors (Lipinski definition) is 4. The van der Waals surface area contributed by atoms with Crippen molar-refractivity contribution in [2.45, 2.75) is 26.9 Å². The van der Waals surface area contributed by atoms with Crippen molar-refractivity contribution >= 4 is 39.3 Å². The zero-order chi connectivity index (χ0) is 24.0. The summed E-state index contributed by atoms with van der Waals surface area (Å²) in [6.45, 7) is 5.58. The molecule has 33 heavy (non-hydrogen) atoms. The van der Waals surface area contributed by atoms with Crippen molar-refractivity contribution in [1.82, 2.24) is 10.9 Å². The molecule has 0 atom stereocenters. The fourth-order valence-corrected chi connectivity index (χ4v) is 3.38. The Hall–Kier alpha value is -3.65. The molecule has 8 heteroatoms. The quantitative estimate of drug-likeness (QED) is 0.413. The van der Waals surface area contributed by atoms with Crippen LogP contribution in [0.3, 0.4) is 0 Å². The summed E-state index contributed by atoms with van der Waals surface area (Å²) in [6, 6.07) is 18.7. The van der Waals surface area contributed by atoms with Crippen molar-refractivity contribution in [2.24, 2.45) is 0 Å². The normalized spacial score (nSPS) is 10.5. The van der Waals surface area contributed by atoms with Gasteiger partial charge in [-0.25, -0.2) is 0 Å². The van der Waals surface area contributed by atoms with E-state index in [0.717, 1.165) is 5.56 Å². The maximum atomic E-state index is 12.6. The first-order chi connectivity index (χ1) is 15.7. The van der Waals surface area contributed by atoms with E-state index in [-0.39, 0.29) is 17.6 Å². The van der Waals surface area contributed by atoms with Crippen LogP contribution in [0.4, 0.5) is 5.69 Å². The van der Waals surface area contributed by atoms with Crippen molar-refractivity contribution in [3.63, 3.8) is 0 Å². The second-order valence-electron chi connectivity index (χ2n) is 7.56. The standard InChI is InChI=1S/C25H24BrN3O4/c1-15(2)33-22-13-10-18(26)14-21(22)25(32)29-28-23(30)17-8-11-19(12-9-17)27-24(31)20-7-5-4-6-16(20)3/h4-15H,1-3H3,(H,27,31)(H,28,30)(H,29,32). The predicted octanol–water partition coefficient (Wildman–Crippen LogP) is 4.87. The van der Waals surface area contributed by atoms with Crippen molar-refractivity contribution in [1.29, 1.82) is 0 Å². The zero-order valence-electron chi connectivity index (χ0n) is 18.4. The highest BCUT2D eigenvalue weighted by molar-refractivity contribution is 9.10. The molecule has 0 spiro atoms. The highest BCUT2D eigenvalue weighted by Gasteiger charge is 2.16. The van der Waals surface area contributed by atoms with Crippen molar-refractivity contribution in [3.8, 4) is 5.75 Å². The maximum absolute atomic E-state index is 12.6. The second kappa shape index (κ2) is 10.8. The van der Waals surface area contributed by atoms with Crippen LogP contribution in [0.15, 0.2) is 71.2 Å². The van der Waals surface area contributed by atoms with Crippen LogP contribution in [-0.4, -0.2) is 23.8 Å². The fourth-order valence-electron chi connectivity index (χ4n) is 3.02. The molecule has 0 bridgehead atoms. The van der Waals surface area contributed by atoms with Gasteiger partial charge in [0.15, 0.2) is 0 Å². The van der Waals surface area contributed by atoms with Crippen LogP contribution in [0.25, 0.3) is 0 Å². The number of aryl methyl sites for hydroxylation is 1. The van der Waals surface area contributed by atoms with Gasteiger partial charge in [-0.05, 0) is 74.9 Å². The van der Waals surface area contributed by atoms with Crippen LogP contribution in [-0.2, 0) is 0 Å². The number of carbonyl (C=O) groups excluding carboxylic acids is 3. The smallest absolute Gasteiger partial charge is 0.273 e. The molecule has 3 aromatic carbocycles. The summed E-state index contributed by atoms with van der Waals surface area (Å²) in [6.07, 6.45) is -0.114. The van der Waals surface area contributed by atoms with Crippen LogP contribution < -0.4 is 20.9 Å². The molecule has 3 amide bonds. The van der Waals surface area contributed by atoms with E-state index >= 15 is 0 Å². The average molecular weight is 510 g/mol. The van der Waals surface area contributed by atoms with Crippen LogP contribution in [0.2, 0.25) is 0 Å². The minimum absolute atomic E-state index is 0.114. The number of anilines is 1. The summed E-state index contributed by atoms with van der Waals surface area (Å²) < 4.78 is 6.38. The topological polar surface area (TPSA) is 96.5 Å². The third kappa shape index (κ3) is 6.43. The molecule has 0 saturated carbocycles. The number of nitrogens with one attached hydrogen (secondary N) is 3. The number of amides is 3. The molecule has 3 rings (SSSR count). The fraction of sp³-hybridized carbons (Fsp3) is 0.160. The molecule has 7 nitrogen and oxygen atoms in total. The van der Waals surface area contributed by atoms with Gasteiger partial charge in [-0.3, -0.25) is 25.2 Å². The summed E-state index contributed by atoms with van der Waals surface area (Å²) >= 11 is 3.34. The lowest BCUT2D eigenvalue weighted by molar-refractivity contribution is 0.0843. The predicted molar refractivity (Wildman–Crippen MR) is 130 cm³/mol. The van der Waals surface area contributed by atoms with Gasteiger partial charge in [0, 0.05) is 21.3 Å². The molecular formula is C25H24BrN3O4. The summed E-state index contributed by atoms with van der Waals surface area (Å²) in [5.74, 6) is -0.830. The number of ether oxygens (including phenoxy) is 1. The maximum Gasteiger partial charge on any atom is 0.273 e. The molecule has 3 N–H and O–H groups in total. The van der Waals surface area contributed by atoms with E-state index in [4.69, 9.17) is 4.74 Å². The Bertz CT molecular complexity index is 1180. The molecule has 3 aromatic rings. The summed E-state index contributed by atoms with van der Waals surface area (Å²) in [4.78, 5) is 37.5. The van der Waals surface area contributed by atoms with Gasteiger partial charge >= 0.3 is 0 Å². The van der Waals surface area contributed by atoms with Crippen LogP contribution in [0.1, 0.15) is 50.5 Å². The average Bonchev–Trinajstić information content (AvgIpc) is 2.79. The summed E-state index contributed by atoms with van der Waals surface area (Å²) in [7, 11) is 0. The number of hydrazine groups is 1.